The molecule has 2 amide bonds. The second-order valence-corrected chi connectivity index (χ2v) is 5.36. The minimum Gasteiger partial charge on any atom is -0.481 e. The van der Waals surface area contributed by atoms with Crippen LogP contribution in [0.2, 0.25) is 0 Å². The van der Waals surface area contributed by atoms with Crippen molar-refractivity contribution in [1.82, 2.24) is 10.3 Å². The molecule has 2 atom stereocenters. The Balaban J connectivity index is 2.31. The van der Waals surface area contributed by atoms with E-state index in [9.17, 15) is 9.59 Å². The van der Waals surface area contributed by atoms with Gasteiger partial charge in [0.15, 0.2) is 0 Å². The molecule has 0 aromatic carbocycles. The van der Waals surface area contributed by atoms with Crippen molar-refractivity contribution < 1.29 is 14.7 Å². The Labute approximate surface area is 125 Å². The standard InChI is InChI=1S/C15H23N3O3/c1-10-7-8-16-9-13(10)18-15(21)17-12(3)6-4-5-11(2)14(19)20/h7-9,11-12H,4-6H2,1-3H3,(H,19,20)(H2,17,18,21). The Morgan fingerprint density at radius 1 is 1.33 bits per heavy atom. The molecule has 116 valence electrons. The summed E-state index contributed by atoms with van der Waals surface area (Å²) >= 11 is 0. The predicted molar refractivity (Wildman–Crippen MR) is 81.2 cm³/mol. The monoisotopic (exact) mass is 293 g/mol. The Hall–Kier alpha value is -2.11. The Morgan fingerprint density at radius 2 is 2.05 bits per heavy atom. The number of rotatable bonds is 7. The molecule has 1 rings (SSSR count). The number of nitrogens with zero attached hydrogens (tertiary/aromatic N) is 1. The maximum Gasteiger partial charge on any atom is 0.319 e. The molecular weight excluding hydrogens is 270 g/mol. The Morgan fingerprint density at radius 3 is 2.67 bits per heavy atom. The molecule has 0 saturated carbocycles. The lowest BCUT2D eigenvalue weighted by atomic mass is 10.0. The van der Waals surface area contributed by atoms with Gasteiger partial charge in [0, 0.05) is 12.2 Å². The van der Waals surface area contributed by atoms with Crippen LogP contribution in [0.1, 0.15) is 38.7 Å². The third kappa shape index (κ3) is 6.25. The highest BCUT2D eigenvalue weighted by Gasteiger charge is 2.12. The summed E-state index contributed by atoms with van der Waals surface area (Å²) in [6.45, 7) is 5.49. The molecule has 0 radical (unpaired) electrons. The zero-order valence-corrected chi connectivity index (χ0v) is 12.7. The van der Waals surface area contributed by atoms with E-state index < -0.39 is 5.97 Å². The van der Waals surface area contributed by atoms with Crippen LogP contribution < -0.4 is 10.6 Å². The first-order valence-electron chi connectivity index (χ1n) is 7.11. The number of hydrogen-bond donors (Lipinski definition) is 3. The first-order chi connectivity index (χ1) is 9.90. The summed E-state index contributed by atoms with van der Waals surface area (Å²) in [4.78, 5) is 26.5. The number of amides is 2. The summed E-state index contributed by atoms with van der Waals surface area (Å²) in [6.07, 6.45) is 5.40. The van der Waals surface area contributed by atoms with Crippen molar-refractivity contribution in [2.24, 2.45) is 5.92 Å². The highest BCUT2D eigenvalue weighted by molar-refractivity contribution is 5.89. The highest BCUT2D eigenvalue weighted by Crippen LogP contribution is 2.12. The maximum absolute atomic E-state index is 11.8. The molecule has 21 heavy (non-hydrogen) atoms. The van der Waals surface area contributed by atoms with Crippen molar-refractivity contribution in [3.63, 3.8) is 0 Å². The van der Waals surface area contributed by atoms with Crippen molar-refractivity contribution in [3.05, 3.63) is 24.0 Å². The van der Waals surface area contributed by atoms with Gasteiger partial charge in [-0.05, 0) is 38.3 Å². The van der Waals surface area contributed by atoms with E-state index in [-0.39, 0.29) is 18.0 Å². The molecule has 0 aliphatic heterocycles. The van der Waals surface area contributed by atoms with Gasteiger partial charge < -0.3 is 15.7 Å². The van der Waals surface area contributed by atoms with E-state index >= 15 is 0 Å². The van der Waals surface area contributed by atoms with Crippen LogP contribution in [0.25, 0.3) is 0 Å². The number of carboxylic acids is 1. The number of aromatic nitrogens is 1. The van der Waals surface area contributed by atoms with Gasteiger partial charge in [-0.3, -0.25) is 9.78 Å². The van der Waals surface area contributed by atoms with Gasteiger partial charge in [-0.25, -0.2) is 4.79 Å². The number of carboxylic acid groups (broad SMARTS) is 1. The van der Waals surface area contributed by atoms with Crippen LogP contribution in [0, 0.1) is 12.8 Å². The van der Waals surface area contributed by atoms with Crippen molar-refractivity contribution in [2.45, 2.75) is 46.1 Å². The van der Waals surface area contributed by atoms with Gasteiger partial charge in [0.25, 0.3) is 0 Å². The first-order valence-corrected chi connectivity index (χ1v) is 7.11. The SMILES string of the molecule is Cc1ccncc1NC(=O)NC(C)CCCC(C)C(=O)O. The number of nitrogens with one attached hydrogen (secondary N) is 2. The van der Waals surface area contributed by atoms with Gasteiger partial charge in [0.05, 0.1) is 17.8 Å². The topological polar surface area (TPSA) is 91.3 Å². The number of anilines is 1. The zero-order valence-electron chi connectivity index (χ0n) is 12.7. The minimum atomic E-state index is -0.777. The van der Waals surface area contributed by atoms with E-state index in [4.69, 9.17) is 5.11 Å². The average Bonchev–Trinajstić information content (AvgIpc) is 2.41. The Bertz CT molecular complexity index is 491. The van der Waals surface area contributed by atoms with Crippen LogP contribution in [0.5, 0.6) is 0 Å². The van der Waals surface area contributed by atoms with Crippen LogP contribution in [0.4, 0.5) is 10.5 Å². The van der Waals surface area contributed by atoms with Crippen molar-refractivity contribution in [2.75, 3.05) is 5.32 Å². The maximum atomic E-state index is 11.8. The fourth-order valence-corrected chi connectivity index (χ4v) is 1.90. The third-order valence-corrected chi connectivity index (χ3v) is 3.36. The predicted octanol–water partition coefficient (Wildman–Crippen LogP) is 2.79. The number of aryl methyl sites for hydroxylation is 1. The fourth-order valence-electron chi connectivity index (χ4n) is 1.90. The van der Waals surface area contributed by atoms with Crippen LogP contribution in [-0.2, 0) is 4.79 Å². The average molecular weight is 293 g/mol. The number of urea groups is 1. The summed E-state index contributed by atoms with van der Waals surface area (Å²) in [5.41, 5.74) is 1.63. The minimum absolute atomic E-state index is 0.0111. The largest absolute Gasteiger partial charge is 0.481 e. The lowest BCUT2D eigenvalue weighted by Crippen LogP contribution is -2.36. The lowest BCUT2D eigenvalue weighted by molar-refractivity contribution is -0.141. The van der Waals surface area contributed by atoms with E-state index in [0.717, 1.165) is 18.4 Å². The van der Waals surface area contributed by atoms with Crippen LogP contribution >= 0.6 is 0 Å². The molecule has 1 aromatic heterocycles. The molecule has 0 spiro atoms. The molecule has 6 heteroatoms. The van der Waals surface area contributed by atoms with E-state index in [2.05, 4.69) is 15.6 Å². The molecular formula is C15H23N3O3. The van der Waals surface area contributed by atoms with Gasteiger partial charge >= 0.3 is 12.0 Å². The van der Waals surface area contributed by atoms with Gasteiger partial charge in [-0.2, -0.15) is 0 Å². The van der Waals surface area contributed by atoms with Crippen LogP contribution in [0.15, 0.2) is 18.5 Å². The van der Waals surface area contributed by atoms with Crippen LogP contribution in [-0.4, -0.2) is 28.1 Å². The molecule has 0 fully saturated rings. The van der Waals surface area contributed by atoms with Gasteiger partial charge in [0.1, 0.15) is 0 Å². The second kappa shape index (κ2) is 8.24. The third-order valence-electron chi connectivity index (χ3n) is 3.36. The highest BCUT2D eigenvalue weighted by atomic mass is 16.4. The molecule has 0 aliphatic rings. The molecule has 0 aliphatic carbocycles. The fraction of sp³-hybridized carbons (Fsp3) is 0.533. The molecule has 2 unspecified atom stereocenters. The van der Waals surface area contributed by atoms with E-state index in [1.54, 1.807) is 19.3 Å². The van der Waals surface area contributed by atoms with Crippen molar-refractivity contribution in [3.8, 4) is 0 Å². The molecule has 1 heterocycles. The molecule has 3 N–H and O–H groups in total. The van der Waals surface area contributed by atoms with Gasteiger partial charge in [0.2, 0.25) is 0 Å². The summed E-state index contributed by atoms with van der Waals surface area (Å²) in [5.74, 6) is -1.12. The first kappa shape index (κ1) is 16.9. The Kier molecular flexibility index (Phi) is 6.65. The molecule has 6 nitrogen and oxygen atoms in total. The van der Waals surface area contributed by atoms with E-state index in [0.29, 0.717) is 12.1 Å². The number of hydrogen-bond acceptors (Lipinski definition) is 3. The molecule has 1 aromatic rings. The number of carbonyl (C=O) groups excluding carboxylic acids is 1. The smallest absolute Gasteiger partial charge is 0.319 e. The van der Waals surface area contributed by atoms with Gasteiger partial charge in [-0.1, -0.05) is 13.3 Å². The summed E-state index contributed by atoms with van der Waals surface area (Å²) in [6, 6.07) is 1.54. The lowest BCUT2D eigenvalue weighted by Gasteiger charge is -2.15. The quantitative estimate of drug-likeness (QED) is 0.721. The molecule has 0 saturated heterocycles. The number of carbonyl (C=O) groups is 2. The van der Waals surface area contributed by atoms with Crippen LogP contribution in [0.3, 0.4) is 0 Å². The summed E-state index contributed by atoms with van der Waals surface area (Å²) < 4.78 is 0. The van der Waals surface area contributed by atoms with E-state index in [1.165, 1.54) is 0 Å². The second-order valence-electron chi connectivity index (χ2n) is 5.36. The van der Waals surface area contributed by atoms with Crippen molar-refractivity contribution in [1.29, 1.82) is 0 Å². The number of aliphatic carboxylic acids is 1. The summed E-state index contributed by atoms with van der Waals surface area (Å²) in [7, 11) is 0. The summed E-state index contributed by atoms with van der Waals surface area (Å²) in [5, 5.41) is 14.4. The zero-order chi connectivity index (χ0) is 15.8. The normalized spacial score (nSPS) is 13.3. The number of pyridine rings is 1. The molecule has 0 bridgehead atoms. The van der Waals surface area contributed by atoms with Crippen molar-refractivity contribution >= 4 is 17.7 Å². The van der Waals surface area contributed by atoms with E-state index in [1.807, 2.05) is 19.9 Å². The van der Waals surface area contributed by atoms with Gasteiger partial charge in [-0.15, -0.1) is 0 Å².